The van der Waals surface area contributed by atoms with E-state index in [2.05, 4.69) is 40.3 Å². The summed E-state index contributed by atoms with van der Waals surface area (Å²) in [6, 6.07) is 6.72. The van der Waals surface area contributed by atoms with E-state index in [1.165, 1.54) is 44.1 Å². The van der Waals surface area contributed by atoms with Crippen LogP contribution in [0, 0.1) is 17.8 Å². The van der Waals surface area contributed by atoms with Crippen LogP contribution in [0.4, 0.5) is 0 Å². The molecule has 0 heterocycles. The quantitative estimate of drug-likeness (QED) is 0.650. The zero-order chi connectivity index (χ0) is 14.8. The van der Waals surface area contributed by atoms with E-state index in [9.17, 15) is 0 Å². The summed E-state index contributed by atoms with van der Waals surface area (Å²) in [4.78, 5) is 0. The minimum absolute atomic E-state index is 0.402. The maximum atomic E-state index is 6.54. The first kappa shape index (κ1) is 15.8. The van der Waals surface area contributed by atoms with E-state index in [1.807, 2.05) is 6.07 Å². The van der Waals surface area contributed by atoms with Gasteiger partial charge in [-0.1, -0.05) is 37.1 Å². The van der Waals surface area contributed by atoms with Crippen molar-refractivity contribution < 1.29 is 0 Å². The monoisotopic (exact) mass is 369 g/mol. The molecule has 1 nitrogen and oxygen atoms in total. The van der Waals surface area contributed by atoms with Crippen LogP contribution in [-0.4, -0.2) is 6.54 Å². The maximum Gasteiger partial charge on any atom is 0.0595 e. The number of hydrogen-bond acceptors (Lipinski definition) is 1. The molecule has 1 aromatic rings. The van der Waals surface area contributed by atoms with E-state index < -0.39 is 0 Å². The number of fused-ring (bicyclic) bond motifs is 2. The van der Waals surface area contributed by atoms with Gasteiger partial charge in [0.2, 0.25) is 0 Å². The molecule has 3 heteroatoms. The second kappa shape index (κ2) is 7.02. The third-order valence-corrected chi connectivity index (χ3v) is 6.73. The molecular weight excluding hydrogens is 346 g/mol. The van der Waals surface area contributed by atoms with Crippen molar-refractivity contribution in [2.24, 2.45) is 17.8 Å². The summed E-state index contributed by atoms with van der Waals surface area (Å²) in [7, 11) is 0. The van der Waals surface area contributed by atoms with Gasteiger partial charge in [-0.25, -0.2) is 0 Å². The Balaban J connectivity index is 1.75. The van der Waals surface area contributed by atoms with Gasteiger partial charge in [0.25, 0.3) is 0 Å². The molecule has 1 N–H and O–H groups in total. The fourth-order valence-electron chi connectivity index (χ4n) is 4.40. The maximum absolute atomic E-state index is 6.54. The molecule has 21 heavy (non-hydrogen) atoms. The van der Waals surface area contributed by atoms with Gasteiger partial charge in [-0.2, -0.15) is 0 Å². The van der Waals surface area contributed by atoms with Gasteiger partial charge in [0.1, 0.15) is 0 Å². The summed E-state index contributed by atoms with van der Waals surface area (Å²) in [6.07, 6.45) is 8.28. The van der Waals surface area contributed by atoms with Crippen molar-refractivity contribution in [2.75, 3.05) is 6.54 Å². The van der Waals surface area contributed by atoms with Gasteiger partial charge in [0.05, 0.1) is 5.02 Å². The van der Waals surface area contributed by atoms with Crippen molar-refractivity contribution in [1.29, 1.82) is 0 Å². The van der Waals surface area contributed by atoms with Gasteiger partial charge in [0.15, 0.2) is 0 Å². The molecule has 0 radical (unpaired) electrons. The zero-order valence-corrected chi connectivity index (χ0v) is 15.1. The van der Waals surface area contributed by atoms with Gasteiger partial charge in [-0.15, -0.1) is 0 Å². The van der Waals surface area contributed by atoms with Crippen LogP contribution in [0.25, 0.3) is 0 Å². The minimum Gasteiger partial charge on any atom is -0.310 e. The van der Waals surface area contributed by atoms with Gasteiger partial charge >= 0.3 is 0 Å². The Hall–Kier alpha value is -0.0500. The highest BCUT2D eigenvalue weighted by molar-refractivity contribution is 9.10. The second-order valence-corrected chi connectivity index (χ2v) is 8.05. The molecule has 0 spiro atoms. The lowest BCUT2D eigenvalue weighted by Gasteiger charge is -2.28. The Kier molecular flexibility index (Phi) is 5.29. The van der Waals surface area contributed by atoms with E-state index in [4.69, 9.17) is 11.6 Å². The summed E-state index contributed by atoms with van der Waals surface area (Å²) in [5.74, 6) is 2.89. The highest BCUT2D eigenvalue weighted by atomic mass is 79.9. The van der Waals surface area contributed by atoms with Crippen molar-refractivity contribution in [3.05, 3.63) is 33.3 Å². The highest BCUT2D eigenvalue weighted by Crippen LogP contribution is 2.51. The summed E-state index contributed by atoms with van der Waals surface area (Å²) < 4.78 is 1.01. The fourth-order valence-corrected chi connectivity index (χ4v) is 5.04. The topological polar surface area (TPSA) is 12.0 Å². The molecule has 2 aliphatic rings. The lowest BCUT2D eigenvalue weighted by atomic mass is 9.82. The largest absolute Gasteiger partial charge is 0.310 e. The van der Waals surface area contributed by atoms with Crippen molar-refractivity contribution in [2.45, 2.75) is 51.5 Å². The molecular formula is C18H25BrClN. The summed E-state index contributed by atoms with van der Waals surface area (Å²) in [6.45, 7) is 3.29. The number of hydrogen-bond donors (Lipinski definition) is 1. The van der Waals surface area contributed by atoms with Crippen LogP contribution < -0.4 is 5.32 Å². The van der Waals surface area contributed by atoms with Crippen LogP contribution >= 0.6 is 27.5 Å². The van der Waals surface area contributed by atoms with Crippen LogP contribution in [0.15, 0.2) is 22.7 Å². The van der Waals surface area contributed by atoms with Crippen LogP contribution in [-0.2, 0) is 0 Å². The number of halogens is 2. The van der Waals surface area contributed by atoms with Gasteiger partial charge in [-0.05, 0) is 84.0 Å². The first-order valence-electron chi connectivity index (χ1n) is 8.36. The molecule has 116 valence electrons. The predicted molar refractivity (Wildman–Crippen MR) is 93.7 cm³/mol. The molecule has 2 fully saturated rings. The third kappa shape index (κ3) is 3.48. The SMILES string of the molecule is CCCNC(CC1CC2CCC1C2)c1cccc(Br)c1Cl. The van der Waals surface area contributed by atoms with Crippen molar-refractivity contribution in [3.63, 3.8) is 0 Å². The lowest BCUT2D eigenvalue weighted by Crippen LogP contribution is -2.26. The van der Waals surface area contributed by atoms with E-state index in [0.29, 0.717) is 6.04 Å². The summed E-state index contributed by atoms with van der Waals surface area (Å²) >= 11 is 10.1. The van der Waals surface area contributed by atoms with Gasteiger partial charge in [-0.3, -0.25) is 0 Å². The highest BCUT2D eigenvalue weighted by Gasteiger charge is 2.40. The molecule has 2 saturated carbocycles. The van der Waals surface area contributed by atoms with Crippen LogP contribution in [0.1, 0.15) is 57.1 Å². The summed E-state index contributed by atoms with van der Waals surface area (Å²) in [5, 5.41) is 4.62. The molecule has 4 unspecified atom stereocenters. The first-order chi connectivity index (χ1) is 10.2. The van der Waals surface area contributed by atoms with Gasteiger partial charge in [0, 0.05) is 10.5 Å². The Morgan fingerprint density at radius 2 is 2.19 bits per heavy atom. The van der Waals surface area contributed by atoms with Crippen molar-refractivity contribution in [3.8, 4) is 0 Å². The third-order valence-electron chi connectivity index (χ3n) is 5.42. The molecule has 0 amide bonds. The normalized spacial score (nSPS) is 29.0. The molecule has 0 aliphatic heterocycles. The van der Waals surface area contributed by atoms with Crippen molar-refractivity contribution in [1.82, 2.24) is 5.32 Å². The number of benzene rings is 1. The van der Waals surface area contributed by atoms with Crippen LogP contribution in [0.2, 0.25) is 5.02 Å². The average Bonchev–Trinajstić information content (AvgIpc) is 3.09. The standard InChI is InChI=1S/C18H25BrClN/c1-2-8-21-17(15-4-3-5-16(19)18(15)20)11-14-10-12-6-7-13(14)9-12/h3-5,12-14,17,21H,2,6-11H2,1H3. The molecule has 4 atom stereocenters. The average molecular weight is 371 g/mol. The summed E-state index contributed by atoms with van der Waals surface area (Å²) in [5.41, 5.74) is 1.27. The lowest BCUT2D eigenvalue weighted by molar-refractivity contribution is 0.279. The predicted octanol–water partition coefficient (Wildman–Crippen LogP) is 5.97. The van der Waals surface area contributed by atoms with E-state index in [0.717, 1.165) is 33.8 Å². The Morgan fingerprint density at radius 3 is 2.86 bits per heavy atom. The van der Waals surface area contributed by atoms with Crippen molar-refractivity contribution >= 4 is 27.5 Å². The molecule has 2 bridgehead atoms. The molecule has 0 aromatic heterocycles. The van der Waals surface area contributed by atoms with E-state index in [-0.39, 0.29) is 0 Å². The smallest absolute Gasteiger partial charge is 0.0595 e. The van der Waals surface area contributed by atoms with E-state index >= 15 is 0 Å². The Morgan fingerprint density at radius 1 is 1.33 bits per heavy atom. The first-order valence-corrected chi connectivity index (χ1v) is 9.53. The van der Waals surface area contributed by atoms with E-state index in [1.54, 1.807) is 0 Å². The Bertz CT molecular complexity index is 490. The molecule has 2 aliphatic carbocycles. The molecule has 1 aromatic carbocycles. The number of rotatable bonds is 6. The number of nitrogens with one attached hydrogen (secondary N) is 1. The zero-order valence-electron chi connectivity index (χ0n) is 12.7. The minimum atomic E-state index is 0.402. The Labute approximate surface area is 142 Å². The molecule has 3 rings (SSSR count). The van der Waals surface area contributed by atoms with Crippen LogP contribution in [0.3, 0.4) is 0 Å². The molecule has 0 saturated heterocycles. The second-order valence-electron chi connectivity index (χ2n) is 6.82. The van der Waals surface area contributed by atoms with Gasteiger partial charge < -0.3 is 5.32 Å². The fraction of sp³-hybridized carbons (Fsp3) is 0.667. The van der Waals surface area contributed by atoms with Crippen LogP contribution in [0.5, 0.6) is 0 Å².